The Morgan fingerprint density at radius 3 is 2.25 bits per heavy atom. The third-order valence-electron chi connectivity index (χ3n) is 5.35. The quantitative estimate of drug-likeness (QED) is 0.491. The molecule has 0 saturated carbocycles. The molecule has 0 saturated heterocycles. The van der Waals surface area contributed by atoms with E-state index in [2.05, 4.69) is 5.32 Å². The fourth-order valence-electron chi connectivity index (χ4n) is 3.54. The van der Waals surface area contributed by atoms with Gasteiger partial charge in [-0.2, -0.15) is 0 Å². The highest BCUT2D eigenvalue weighted by molar-refractivity contribution is 6.35. The summed E-state index contributed by atoms with van der Waals surface area (Å²) in [6, 6.07) is 22.1. The number of aryl methyl sites for hydroxylation is 1. The molecule has 3 aromatic rings. The second-order valence-corrected chi connectivity index (χ2v) is 8.58. The van der Waals surface area contributed by atoms with Crippen LogP contribution in [0, 0.1) is 6.92 Å². The number of hydrogen-bond acceptors (Lipinski definition) is 2. The number of amides is 2. The van der Waals surface area contributed by atoms with E-state index in [0.717, 1.165) is 16.7 Å². The maximum Gasteiger partial charge on any atom is 0.242 e. The molecule has 1 atom stereocenters. The first-order valence-electron chi connectivity index (χ1n) is 10.4. The van der Waals surface area contributed by atoms with Crippen LogP contribution in [0.5, 0.6) is 0 Å². The largest absolute Gasteiger partial charge is 0.357 e. The zero-order valence-electron chi connectivity index (χ0n) is 18.1. The van der Waals surface area contributed by atoms with Crippen molar-refractivity contribution in [2.24, 2.45) is 0 Å². The number of halogens is 2. The first-order chi connectivity index (χ1) is 15.4. The fourth-order valence-corrected chi connectivity index (χ4v) is 4.02. The van der Waals surface area contributed by atoms with Gasteiger partial charge < -0.3 is 10.2 Å². The van der Waals surface area contributed by atoms with Gasteiger partial charge in [0.1, 0.15) is 6.04 Å². The van der Waals surface area contributed by atoms with E-state index in [1.807, 2.05) is 61.5 Å². The molecule has 0 aromatic heterocycles. The van der Waals surface area contributed by atoms with Crippen LogP contribution in [0.3, 0.4) is 0 Å². The van der Waals surface area contributed by atoms with Crippen LogP contribution in [0.15, 0.2) is 72.8 Å². The molecule has 32 heavy (non-hydrogen) atoms. The van der Waals surface area contributed by atoms with Gasteiger partial charge in [-0.1, -0.05) is 89.4 Å². The van der Waals surface area contributed by atoms with E-state index in [9.17, 15) is 9.59 Å². The zero-order chi connectivity index (χ0) is 23.1. The summed E-state index contributed by atoms with van der Waals surface area (Å²) in [5, 5.41) is 3.66. The highest BCUT2D eigenvalue weighted by atomic mass is 35.5. The predicted molar refractivity (Wildman–Crippen MR) is 130 cm³/mol. The van der Waals surface area contributed by atoms with Gasteiger partial charge in [-0.3, -0.25) is 9.59 Å². The molecule has 166 valence electrons. The second-order valence-electron chi connectivity index (χ2n) is 7.74. The molecule has 0 spiro atoms. The lowest BCUT2D eigenvalue weighted by atomic mass is 10.0. The van der Waals surface area contributed by atoms with Crippen LogP contribution in [-0.4, -0.2) is 29.8 Å². The van der Waals surface area contributed by atoms with Crippen LogP contribution in [0.1, 0.15) is 22.3 Å². The van der Waals surface area contributed by atoms with Crippen LogP contribution in [0.2, 0.25) is 10.0 Å². The molecule has 3 rings (SSSR count). The standard InChI is InChI=1S/C26H26Cl2N2O2/c1-18-8-10-20(11-9-18)17-30(25(31)15-21-12-13-22(27)16-23(21)28)24(26(32)29-2)14-19-6-4-3-5-7-19/h3-13,16,24H,14-15,17H2,1-2H3,(H,29,32)/t24-/m1/s1. The number of carbonyl (C=O) groups is 2. The van der Waals surface area contributed by atoms with Gasteiger partial charge in [0.15, 0.2) is 0 Å². The number of carbonyl (C=O) groups excluding carboxylic acids is 2. The Hall–Kier alpha value is -2.82. The summed E-state index contributed by atoms with van der Waals surface area (Å²) in [7, 11) is 1.59. The molecule has 0 aliphatic heterocycles. The third-order valence-corrected chi connectivity index (χ3v) is 5.93. The zero-order valence-corrected chi connectivity index (χ0v) is 19.7. The highest BCUT2D eigenvalue weighted by Gasteiger charge is 2.30. The number of nitrogens with one attached hydrogen (secondary N) is 1. The van der Waals surface area contributed by atoms with Crippen molar-refractivity contribution in [2.45, 2.75) is 32.4 Å². The Bertz CT molecular complexity index is 1070. The van der Waals surface area contributed by atoms with Crippen LogP contribution in [0.4, 0.5) is 0 Å². The molecule has 3 aromatic carbocycles. The molecule has 0 unspecified atom stereocenters. The minimum atomic E-state index is -0.665. The summed E-state index contributed by atoms with van der Waals surface area (Å²) >= 11 is 12.3. The van der Waals surface area contributed by atoms with E-state index in [-0.39, 0.29) is 18.2 Å². The molecule has 0 aliphatic carbocycles. The van der Waals surface area contributed by atoms with Crippen molar-refractivity contribution < 1.29 is 9.59 Å². The van der Waals surface area contributed by atoms with E-state index < -0.39 is 6.04 Å². The van der Waals surface area contributed by atoms with Crippen LogP contribution >= 0.6 is 23.2 Å². The SMILES string of the molecule is CNC(=O)[C@@H](Cc1ccccc1)N(Cc1ccc(C)cc1)C(=O)Cc1ccc(Cl)cc1Cl. The normalized spacial score (nSPS) is 11.6. The van der Waals surface area contributed by atoms with Crippen LogP contribution in [-0.2, 0) is 29.0 Å². The summed E-state index contributed by atoms with van der Waals surface area (Å²) in [6.45, 7) is 2.33. The third kappa shape index (κ3) is 6.35. The molecule has 0 fully saturated rings. The smallest absolute Gasteiger partial charge is 0.242 e. The average molecular weight is 469 g/mol. The molecule has 0 aliphatic rings. The molecular formula is C26H26Cl2N2O2. The monoisotopic (exact) mass is 468 g/mol. The van der Waals surface area contributed by atoms with Gasteiger partial charge in [0.2, 0.25) is 11.8 Å². The lowest BCUT2D eigenvalue weighted by Gasteiger charge is -2.31. The predicted octanol–water partition coefficient (Wildman–Crippen LogP) is 5.23. The molecule has 4 nitrogen and oxygen atoms in total. The van der Waals surface area contributed by atoms with Crippen molar-refractivity contribution in [3.63, 3.8) is 0 Å². The summed E-state index contributed by atoms with van der Waals surface area (Å²) in [5.41, 5.74) is 3.73. The Morgan fingerprint density at radius 1 is 0.938 bits per heavy atom. The second kappa shape index (κ2) is 11.2. The summed E-state index contributed by atoms with van der Waals surface area (Å²) in [6.07, 6.45) is 0.483. The number of likely N-dealkylation sites (N-methyl/N-ethyl adjacent to an activating group) is 1. The maximum atomic E-state index is 13.5. The van der Waals surface area contributed by atoms with Crippen molar-refractivity contribution in [3.8, 4) is 0 Å². The summed E-state index contributed by atoms with van der Waals surface area (Å²) in [4.78, 5) is 28.1. The minimum Gasteiger partial charge on any atom is -0.357 e. The first-order valence-corrected chi connectivity index (χ1v) is 11.2. The highest BCUT2D eigenvalue weighted by Crippen LogP contribution is 2.23. The molecule has 0 heterocycles. The van der Waals surface area contributed by atoms with E-state index in [0.29, 0.717) is 28.6 Å². The van der Waals surface area contributed by atoms with Crippen molar-refractivity contribution >= 4 is 35.0 Å². The minimum absolute atomic E-state index is 0.0736. The number of benzene rings is 3. The number of nitrogens with zero attached hydrogens (tertiary/aromatic N) is 1. The molecule has 0 radical (unpaired) electrons. The van der Waals surface area contributed by atoms with Gasteiger partial charge >= 0.3 is 0 Å². The van der Waals surface area contributed by atoms with Gasteiger partial charge in [0.25, 0.3) is 0 Å². The molecule has 6 heteroatoms. The molecule has 0 bridgehead atoms. The van der Waals surface area contributed by atoms with E-state index in [1.54, 1.807) is 30.1 Å². The van der Waals surface area contributed by atoms with Crippen molar-refractivity contribution in [3.05, 3.63) is 105 Å². The molecular weight excluding hydrogens is 443 g/mol. The summed E-state index contributed by atoms with van der Waals surface area (Å²) < 4.78 is 0. The fraction of sp³-hybridized carbons (Fsp3) is 0.231. The average Bonchev–Trinajstić information content (AvgIpc) is 2.79. The lowest BCUT2D eigenvalue weighted by molar-refractivity contribution is -0.140. The Kier molecular flexibility index (Phi) is 8.32. The number of hydrogen-bond donors (Lipinski definition) is 1. The van der Waals surface area contributed by atoms with E-state index >= 15 is 0 Å². The Morgan fingerprint density at radius 2 is 1.62 bits per heavy atom. The Balaban J connectivity index is 1.95. The molecule has 2 amide bonds. The molecule has 1 N–H and O–H groups in total. The Labute approximate surface area is 199 Å². The van der Waals surface area contributed by atoms with Gasteiger partial charge in [-0.15, -0.1) is 0 Å². The van der Waals surface area contributed by atoms with Crippen molar-refractivity contribution in [2.75, 3.05) is 7.05 Å². The topological polar surface area (TPSA) is 49.4 Å². The lowest BCUT2D eigenvalue weighted by Crippen LogP contribution is -2.50. The van der Waals surface area contributed by atoms with E-state index in [4.69, 9.17) is 23.2 Å². The number of rotatable bonds is 8. The van der Waals surface area contributed by atoms with Gasteiger partial charge in [-0.05, 0) is 35.7 Å². The maximum absolute atomic E-state index is 13.5. The van der Waals surface area contributed by atoms with Gasteiger partial charge in [0.05, 0.1) is 6.42 Å². The van der Waals surface area contributed by atoms with E-state index in [1.165, 1.54) is 0 Å². The van der Waals surface area contributed by atoms with Gasteiger partial charge in [-0.25, -0.2) is 0 Å². The van der Waals surface area contributed by atoms with Crippen LogP contribution < -0.4 is 5.32 Å². The van der Waals surface area contributed by atoms with Crippen molar-refractivity contribution in [1.82, 2.24) is 10.2 Å². The van der Waals surface area contributed by atoms with Gasteiger partial charge in [0, 0.05) is 30.1 Å². The van der Waals surface area contributed by atoms with Crippen molar-refractivity contribution in [1.29, 1.82) is 0 Å². The summed E-state index contributed by atoms with van der Waals surface area (Å²) in [5.74, 6) is -0.393. The van der Waals surface area contributed by atoms with Crippen LogP contribution in [0.25, 0.3) is 0 Å². The first kappa shape index (κ1) is 23.8.